The molecule has 0 fully saturated rings. The summed E-state index contributed by atoms with van der Waals surface area (Å²) in [6.07, 6.45) is 1.27. The number of rotatable bonds is 5. The highest BCUT2D eigenvalue weighted by Crippen LogP contribution is 2.09. The van der Waals surface area contributed by atoms with Gasteiger partial charge in [0.05, 0.1) is 0 Å². The van der Waals surface area contributed by atoms with Crippen LogP contribution in [0.2, 0.25) is 0 Å². The standard InChI is InChI=1S/C9H11N3O4/c1-6-2-7(11-5-10-6)12(3-8(13)14)4-9(15)16/h2,5H,3-4H2,1H3,(H,13,14)(H,15,16). The average Bonchev–Trinajstić information content (AvgIpc) is 2.15. The Morgan fingerprint density at radius 3 is 2.25 bits per heavy atom. The van der Waals surface area contributed by atoms with Crippen LogP contribution in [0.4, 0.5) is 5.82 Å². The first kappa shape index (κ1) is 11.9. The molecule has 7 nitrogen and oxygen atoms in total. The molecule has 2 N–H and O–H groups in total. The molecule has 0 saturated carbocycles. The van der Waals surface area contributed by atoms with E-state index in [1.54, 1.807) is 6.92 Å². The van der Waals surface area contributed by atoms with Crippen LogP contribution in [-0.2, 0) is 9.59 Å². The molecule has 0 unspecified atom stereocenters. The van der Waals surface area contributed by atoms with Gasteiger partial charge in [0.1, 0.15) is 25.2 Å². The lowest BCUT2D eigenvalue weighted by molar-refractivity contribution is -0.136. The summed E-state index contributed by atoms with van der Waals surface area (Å²) in [4.78, 5) is 30.0. The first-order valence-electron chi connectivity index (χ1n) is 4.46. The lowest BCUT2D eigenvalue weighted by atomic mass is 10.4. The van der Waals surface area contributed by atoms with Gasteiger partial charge < -0.3 is 15.1 Å². The molecule has 7 heteroatoms. The van der Waals surface area contributed by atoms with Gasteiger partial charge in [-0.2, -0.15) is 0 Å². The van der Waals surface area contributed by atoms with E-state index in [4.69, 9.17) is 10.2 Å². The van der Waals surface area contributed by atoms with Crippen molar-refractivity contribution in [2.24, 2.45) is 0 Å². The molecule has 1 aromatic rings. The van der Waals surface area contributed by atoms with Crippen LogP contribution in [0.15, 0.2) is 12.4 Å². The van der Waals surface area contributed by atoms with Crippen LogP contribution in [0.1, 0.15) is 5.69 Å². The molecule has 0 aliphatic carbocycles. The van der Waals surface area contributed by atoms with Gasteiger partial charge in [-0.25, -0.2) is 9.97 Å². The molecule has 0 radical (unpaired) electrons. The van der Waals surface area contributed by atoms with Crippen LogP contribution in [0.3, 0.4) is 0 Å². The molecule has 1 rings (SSSR count). The Morgan fingerprint density at radius 1 is 1.25 bits per heavy atom. The van der Waals surface area contributed by atoms with Crippen molar-refractivity contribution in [3.8, 4) is 0 Å². The Labute approximate surface area is 91.4 Å². The zero-order chi connectivity index (χ0) is 12.1. The predicted molar refractivity (Wildman–Crippen MR) is 54.3 cm³/mol. The number of aryl methyl sites for hydroxylation is 1. The third-order valence-electron chi connectivity index (χ3n) is 1.77. The quantitative estimate of drug-likeness (QED) is 0.712. The van der Waals surface area contributed by atoms with Crippen molar-refractivity contribution in [1.29, 1.82) is 0 Å². The molecule has 16 heavy (non-hydrogen) atoms. The Balaban J connectivity index is 2.90. The lowest BCUT2D eigenvalue weighted by Crippen LogP contribution is -2.35. The predicted octanol–water partition coefficient (Wildman–Crippen LogP) is -0.239. The summed E-state index contributed by atoms with van der Waals surface area (Å²) in [6, 6.07) is 1.53. The van der Waals surface area contributed by atoms with Crippen molar-refractivity contribution in [3.05, 3.63) is 18.1 Å². The van der Waals surface area contributed by atoms with Crippen LogP contribution in [0, 0.1) is 6.92 Å². The Kier molecular flexibility index (Phi) is 3.76. The van der Waals surface area contributed by atoms with E-state index >= 15 is 0 Å². The number of anilines is 1. The highest BCUT2D eigenvalue weighted by Gasteiger charge is 2.15. The van der Waals surface area contributed by atoms with Crippen LogP contribution in [-0.4, -0.2) is 45.2 Å². The monoisotopic (exact) mass is 225 g/mol. The van der Waals surface area contributed by atoms with Gasteiger partial charge in [0.25, 0.3) is 0 Å². The second-order valence-corrected chi connectivity index (χ2v) is 3.16. The summed E-state index contributed by atoms with van der Waals surface area (Å²) in [5, 5.41) is 17.3. The number of carboxylic acid groups (broad SMARTS) is 2. The average molecular weight is 225 g/mol. The van der Waals surface area contributed by atoms with Crippen molar-refractivity contribution in [1.82, 2.24) is 9.97 Å². The summed E-state index contributed by atoms with van der Waals surface area (Å²) in [6.45, 7) is 0.885. The molecular formula is C9H11N3O4. The second kappa shape index (κ2) is 5.06. The van der Waals surface area contributed by atoms with Crippen molar-refractivity contribution < 1.29 is 19.8 Å². The van der Waals surface area contributed by atoms with E-state index in [-0.39, 0.29) is 5.82 Å². The number of aliphatic carboxylic acids is 2. The fourth-order valence-electron chi connectivity index (χ4n) is 1.16. The van der Waals surface area contributed by atoms with E-state index in [1.165, 1.54) is 12.4 Å². The Bertz CT molecular complexity index is 391. The summed E-state index contributed by atoms with van der Waals surface area (Å²) in [5.74, 6) is -1.94. The van der Waals surface area contributed by atoms with Crippen LogP contribution >= 0.6 is 0 Å². The molecule has 0 aliphatic heterocycles. The molecule has 86 valence electrons. The Morgan fingerprint density at radius 2 is 1.81 bits per heavy atom. The van der Waals surface area contributed by atoms with E-state index in [0.717, 1.165) is 4.90 Å². The topological polar surface area (TPSA) is 104 Å². The zero-order valence-corrected chi connectivity index (χ0v) is 8.62. The largest absolute Gasteiger partial charge is 0.480 e. The van der Waals surface area contributed by atoms with Gasteiger partial charge >= 0.3 is 11.9 Å². The highest BCUT2D eigenvalue weighted by atomic mass is 16.4. The van der Waals surface area contributed by atoms with E-state index in [1.807, 2.05) is 0 Å². The lowest BCUT2D eigenvalue weighted by Gasteiger charge is -2.19. The first-order valence-corrected chi connectivity index (χ1v) is 4.46. The summed E-state index contributed by atoms with van der Waals surface area (Å²) in [5.41, 5.74) is 0.644. The number of carbonyl (C=O) groups is 2. The van der Waals surface area contributed by atoms with Gasteiger partial charge in [-0.05, 0) is 6.92 Å². The van der Waals surface area contributed by atoms with Crippen molar-refractivity contribution >= 4 is 17.8 Å². The van der Waals surface area contributed by atoms with Crippen LogP contribution < -0.4 is 4.90 Å². The minimum atomic E-state index is -1.11. The number of aromatic nitrogens is 2. The van der Waals surface area contributed by atoms with E-state index in [2.05, 4.69) is 9.97 Å². The van der Waals surface area contributed by atoms with E-state index in [9.17, 15) is 9.59 Å². The molecule has 0 atom stereocenters. The molecular weight excluding hydrogens is 214 g/mol. The molecule has 0 aromatic carbocycles. The summed E-state index contributed by atoms with van der Waals surface area (Å²) in [7, 11) is 0. The van der Waals surface area contributed by atoms with Gasteiger partial charge in [-0.15, -0.1) is 0 Å². The molecule has 0 amide bonds. The molecule has 0 saturated heterocycles. The highest BCUT2D eigenvalue weighted by molar-refractivity contribution is 5.78. The maximum Gasteiger partial charge on any atom is 0.323 e. The zero-order valence-electron chi connectivity index (χ0n) is 8.62. The van der Waals surface area contributed by atoms with Crippen molar-refractivity contribution in [3.63, 3.8) is 0 Å². The summed E-state index contributed by atoms with van der Waals surface area (Å²) < 4.78 is 0. The minimum absolute atomic E-state index is 0.289. The van der Waals surface area contributed by atoms with Crippen LogP contribution in [0.25, 0.3) is 0 Å². The van der Waals surface area contributed by atoms with E-state index in [0.29, 0.717) is 5.69 Å². The third-order valence-corrected chi connectivity index (χ3v) is 1.77. The number of carboxylic acids is 2. The van der Waals surface area contributed by atoms with Gasteiger partial charge in [-0.1, -0.05) is 0 Å². The van der Waals surface area contributed by atoms with E-state index < -0.39 is 25.0 Å². The molecule has 0 spiro atoms. The fraction of sp³-hybridized carbons (Fsp3) is 0.333. The van der Waals surface area contributed by atoms with Gasteiger partial charge in [0.15, 0.2) is 0 Å². The fourth-order valence-corrected chi connectivity index (χ4v) is 1.16. The molecule has 0 aliphatic rings. The normalized spacial score (nSPS) is 9.81. The SMILES string of the molecule is Cc1cc(N(CC(=O)O)CC(=O)O)ncn1. The molecule has 1 aromatic heterocycles. The Hall–Kier alpha value is -2.18. The molecule has 0 bridgehead atoms. The third kappa shape index (κ3) is 3.52. The molecule has 1 heterocycles. The number of hydrogen-bond acceptors (Lipinski definition) is 5. The number of hydrogen-bond donors (Lipinski definition) is 2. The van der Waals surface area contributed by atoms with Crippen molar-refractivity contribution in [2.75, 3.05) is 18.0 Å². The minimum Gasteiger partial charge on any atom is -0.480 e. The van der Waals surface area contributed by atoms with Gasteiger partial charge in [0.2, 0.25) is 0 Å². The number of nitrogens with zero attached hydrogens (tertiary/aromatic N) is 3. The first-order chi connectivity index (χ1) is 7.49. The summed E-state index contributed by atoms with van der Waals surface area (Å²) >= 11 is 0. The van der Waals surface area contributed by atoms with Gasteiger partial charge in [-0.3, -0.25) is 9.59 Å². The van der Waals surface area contributed by atoms with Crippen molar-refractivity contribution in [2.45, 2.75) is 6.92 Å². The smallest absolute Gasteiger partial charge is 0.323 e. The van der Waals surface area contributed by atoms with Gasteiger partial charge in [0, 0.05) is 11.8 Å². The maximum absolute atomic E-state index is 10.6. The second-order valence-electron chi connectivity index (χ2n) is 3.16. The maximum atomic E-state index is 10.6. The van der Waals surface area contributed by atoms with Crippen LogP contribution in [0.5, 0.6) is 0 Å².